The molecule has 3 heterocycles. The van der Waals surface area contributed by atoms with Gasteiger partial charge in [0.2, 0.25) is 0 Å². The summed E-state index contributed by atoms with van der Waals surface area (Å²) < 4.78 is 30.6. The van der Waals surface area contributed by atoms with Crippen LogP contribution in [0.25, 0.3) is 16.8 Å². The van der Waals surface area contributed by atoms with E-state index in [1.165, 1.54) is 11.3 Å². The summed E-state index contributed by atoms with van der Waals surface area (Å²) in [5.41, 5.74) is 2.00. The highest BCUT2D eigenvalue weighted by Crippen LogP contribution is 2.41. The van der Waals surface area contributed by atoms with Gasteiger partial charge in [0.15, 0.2) is 22.9 Å². The lowest BCUT2D eigenvalue weighted by molar-refractivity contribution is -0.139. The molecule has 6 rings (SSSR count). The van der Waals surface area contributed by atoms with Crippen LogP contribution in [-0.2, 0) is 19.1 Å². The number of aromatic nitrogens is 1. The molecular formula is C38H41N3O8S. The van der Waals surface area contributed by atoms with Gasteiger partial charge in [0, 0.05) is 18.7 Å². The van der Waals surface area contributed by atoms with Crippen LogP contribution in [0.4, 0.5) is 0 Å². The molecule has 1 saturated heterocycles. The first kappa shape index (κ1) is 34.9. The number of benzene rings is 3. The zero-order valence-electron chi connectivity index (χ0n) is 28.7. The molecule has 0 unspecified atom stereocenters. The molecule has 1 amide bonds. The number of fused-ring (bicyclic) bond motifs is 2. The lowest BCUT2D eigenvalue weighted by Crippen LogP contribution is -2.43. The Labute approximate surface area is 294 Å². The average Bonchev–Trinajstić information content (AvgIpc) is 3.44. The van der Waals surface area contributed by atoms with Crippen LogP contribution in [0.1, 0.15) is 50.8 Å². The summed E-state index contributed by atoms with van der Waals surface area (Å²) in [6, 6.07) is 16.2. The number of nitrogens with zero attached hydrogens (tertiary/aromatic N) is 3. The molecule has 0 bridgehead atoms. The zero-order valence-corrected chi connectivity index (χ0v) is 29.5. The van der Waals surface area contributed by atoms with Crippen molar-refractivity contribution < 1.29 is 33.3 Å². The minimum Gasteiger partial charge on any atom is -0.496 e. The number of esters is 1. The Bertz CT molecular complexity index is 2110. The van der Waals surface area contributed by atoms with Gasteiger partial charge < -0.3 is 28.6 Å². The van der Waals surface area contributed by atoms with Crippen molar-refractivity contribution in [3.05, 3.63) is 96.7 Å². The van der Waals surface area contributed by atoms with Crippen molar-refractivity contribution in [1.29, 1.82) is 0 Å². The molecule has 262 valence electrons. The quantitative estimate of drug-likeness (QED) is 0.200. The van der Waals surface area contributed by atoms with Crippen molar-refractivity contribution in [2.45, 2.75) is 39.7 Å². The number of thiazole rings is 1. The molecule has 0 aliphatic carbocycles. The number of morpholine rings is 1. The van der Waals surface area contributed by atoms with E-state index >= 15 is 0 Å². The predicted octanol–water partition coefficient (Wildman–Crippen LogP) is 4.38. The van der Waals surface area contributed by atoms with Gasteiger partial charge in [0.05, 0.1) is 49.3 Å². The third-order valence-electron chi connectivity index (χ3n) is 8.60. The predicted molar refractivity (Wildman–Crippen MR) is 191 cm³/mol. The van der Waals surface area contributed by atoms with Crippen molar-refractivity contribution in [2.75, 3.05) is 53.2 Å². The maximum absolute atomic E-state index is 14.5. The molecular weight excluding hydrogens is 658 g/mol. The largest absolute Gasteiger partial charge is 0.496 e. The fourth-order valence-corrected chi connectivity index (χ4v) is 7.35. The Morgan fingerprint density at radius 3 is 2.50 bits per heavy atom. The minimum atomic E-state index is -0.839. The van der Waals surface area contributed by atoms with Crippen molar-refractivity contribution >= 4 is 40.1 Å². The Hall–Kier alpha value is -4.94. The lowest BCUT2D eigenvalue weighted by atomic mass is 9.90. The number of carbonyl (C=O) groups excluding carboxylic acids is 2. The smallest absolute Gasteiger partial charge is 0.338 e. The van der Waals surface area contributed by atoms with Crippen molar-refractivity contribution in [3.63, 3.8) is 0 Å². The molecule has 0 radical (unpaired) electrons. The third-order valence-corrected chi connectivity index (χ3v) is 9.58. The summed E-state index contributed by atoms with van der Waals surface area (Å²) in [6.07, 6.45) is 3.04. The fourth-order valence-electron chi connectivity index (χ4n) is 6.33. The summed E-state index contributed by atoms with van der Waals surface area (Å²) in [5, 5.41) is 1.80. The topological polar surface area (TPSA) is 118 Å². The Balaban J connectivity index is 1.46. The summed E-state index contributed by atoms with van der Waals surface area (Å²) >= 11 is 1.25. The SMILES string of the molecule is CCCC1=C(C(=O)OCC)[C@H](c2c(OC)ccc3ccccc23)n2c(s/c(=C/c3ccc(OCC(=O)N4CCOCC4)c(OCC)c3)c2=O)=N1. The molecule has 2 aliphatic heterocycles. The molecule has 0 saturated carbocycles. The van der Waals surface area contributed by atoms with Gasteiger partial charge in [-0.1, -0.05) is 61.1 Å². The van der Waals surface area contributed by atoms with Crippen LogP contribution >= 0.6 is 11.3 Å². The molecule has 1 atom stereocenters. The van der Waals surface area contributed by atoms with Gasteiger partial charge in [0.1, 0.15) is 11.8 Å². The maximum atomic E-state index is 14.5. The van der Waals surface area contributed by atoms with E-state index in [-0.39, 0.29) is 24.7 Å². The van der Waals surface area contributed by atoms with Gasteiger partial charge >= 0.3 is 5.97 Å². The molecule has 4 aromatic rings. The number of methoxy groups -OCH3 is 1. The maximum Gasteiger partial charge on any atom is 0.338 e. The lowest BCUT2D eigenvalue weighted by Gasteiger charge is -2.28. The zero-order chi connectivity index (χ0) is 35.2. The van der Waals surface area contributed by atoms with Gasteiger partial charge in [-0.25, -0.2) is 9.79 Å². The molecule has 11 nitrogen and oxygen atoms in total. The number of ether oxygens (including phenoxy) is 5. The fraction of sp³-hybridized carbons (Fsp3) is 0.368. The number of amides is 1. The summed E-state index contributed by atoms with van der Waals surface area (Å²) in [7, 11) is 1.58. The van der Waals surface area contributed by atoms with E-state index in [1.807, 2.05) is 56.3 Å². The second kappa shape index (κ2) is 15.7. The van der Waals surface area contributed by atoms with E-state index < -0.39 is 12.0 Å². The number of carbonyl (C=O) groups is 2. The Morgan fingerprint density at radius 1 is 0.980 bits per heavy atom. The first-order valence-corrected chi connectivity index (χ1v) is 17.7. The van der Waals surface area contributed by atoms with Crippen molar-refractivity contribution in [2.24, 2.45) is 4.99 Å². The van der Waals surface area contributed by atoms with Crippen LogP contribution in [0.5, 0.6) is 17.2 Å². The van der Waals surface area contributed by atoms with Crippen molar-refractivity contribution in [1.82, 2.24) is 9.47 Å². The van der Waals surface area contributed by atoms with Crippen LogP contribution in [-0.4, -0.2) is 74.6 Å². The van der Waals surface area contributed by atoms with E-state index in [0.717, 1.165) is 17.2 Å². The van der Waals surface area contributed by atoms with Crippen LogP contribution < -0.4 is 29.1 Å². The molecule has 12 heteroatoms. The van der Waals surface area contributed by atoms with E-state index in [2.05, 4.69) is 0 Å². The van der Waals surface area contributed by atoms with Gasteiger partial charge in [-0.15, -0.1) is 0 Å². The normalized spacial score (nSPS) is 16.2. The molecule has 1 fully saturated rings. The first-order valence-electron chi connectivity index (χ1n) is 16.9. The van der Waals surface area contributed by atoms with Crippen molar-refractivity contribution in [3.8, 4) is 17.2 Å². The van der Waals surface area contributed by atoms with E-state index in [0.29, 0.717) is 88.3 Å². The monoisotopic (exact) mass is 699 g/mol. The molecule has 0 spiro atoms. The van der Waals surface area contributed by atoms with Gasteiger partial charge in [0.25, 0.3) is 11.5 Å². The summed E-state index contributed by atoms with van der Waals surface area (Å²) in [5.74, 6) is 0.795. The highest BCUT2D eigenvalue weighted by atomic mass is 32.1. The second-order valence-electron chi connectivity index (χ2n) is 11.7. The average molecular weight is 700 g/mol. The van der Waals surface area contributed by atoms with Gasteiger partial charge in [-0.2, -0.15) is 0 Å². The first-order chi connectivity index (χ1) is 24.4. The number of allylic oxidation sites excluding steroid dienone is 1. The summed E-state index contributed by atoms with van der Waals surface area (Å²) in [6.45, 7) is 8.16. The molecule has 0 N–H and O–H groups in total. The standard InChI is InChI=1S/C38H41N3O8S/c1-5-10-27-34(37(44)48-7-3)35(33-26-12-9-8-11-25(26)14-16-29(33)45-4)41-36(43)31(50-38(41)39-27)22-24-13-15-28(30(21-24)47-6-2)49-23-32(42)40-17-19-46-20-18-40/h8-9,11-16,21-22,35H,5-7,10,17-20,23H2,1-4H3/b31-22+/t35-/m0/s1. The van der Waals surface area contributed by atoms with Crippen LogP contribution in [0.15, 0.2) is 75.7 Å². The van der Waals surface area contributed by atoms with E-state index in [4.69, 9.17) is 28.7 Å². The van der Waals surface area contributed by atoms with E-state index in [1.54, 1.807) is 41.7 Å². The van der Waals surface area contributed by atoms with Crippen LogP contribution in [0.3, 0.4) is 0 Å². The molecule has 2 aliphatic rings. The van der Waals surface area contributed by atoms with Crippen LogP contribution in [0, 0.1) is 0 Å². The summed E-state index contributed by atoms with van der Waals surface area (Å²) in [4.78, 5) is 48.1. The Kier molecular flexibility index (Phi) is 11.0. The number of hydrogen-bond donors (Lipinski definition) is 0. The molecule has 50 heavy (non-hydrogen) atoms. The molecule has 1 aromatic heterocycles. The second-order valence-corrected chi connectivity index (χ2v) is 12.7. The Morgan fingerprint density at radius 2 is 1.76 bits per heavy atom. The number of rotatable bonds is 12. The van der Waals surface area contributed by atoms with Crippen LogP contribution in [0.2, 0.25) is 0 Å². The van der Waals surface area contributed by atoms with E-state index in [9.17, 15) is 14.4 Å². The minimum absolute atomic E-state index is 0.122. The third kappa shape index (κ3) is 7.03. The van der Waals surface area contributed by atoms with Gasteiger partial charge in [-0.05, 0) is 60.9 Å². The number of hydrogen-bond acceptors (Lipinski definition) is 10. The van der Waals surface area contributed by atoms with Gasteiger partial charge in [-0.3, -0.25) is 14.2 Å². The highest BCUT2D eigenvalue weighted by Gasteiger charge is 2.37. The highest BCUT2D eigenvalue weighted by molar-refractivity contribution is 7.07. The molecule has 3 aromatic carbocycles.